The van der Waals surface area contributed by atoms with E-state index in [0.717, 1.165) is 33.2 Å². The first-order chi connectivity index (χ1) is 16.1. The summed E-state index contributed by atoms with van der Waals surface area (Å²) in [4.78, 5) is 13.2. The molecule has 0 bridgehead atoms. The van der Waals surface area contributed by atoms with Gasteiger partial charge in [-0.1, -0.05) is 53.7 Å². The summed E-state index contributed by atoms with van der Waals surface area (Å²) in [6.45, 7) is 7.53. The van der Waals surface area contributed by atoms with Crippen molar-refractivity contribution in [1.29, 1.82) is 0 Å². The topological polar surface area (TPSA) is 73.6 Å². The monoisotopic (exact) mass is 444 g/mol. The molecule has 4 rings (SSSR count). The molecule has 0 radical (unpaired) electrons. The Labute approximate surface area is 193 Å². The summed E-state index contributed by atoms with van der Waals surface area (Å²) in [6, 6.07) is 19.7. The van der Waals surface area contributed by atoms with Crippen molar-refractivity contribution in [2.45, 2.75) is 40.5 Å². The summed E-state index contributed by atoms with van der Waals surface area (Å²) in [5.74, 6) is 1.04. The van der Waals surface area contributed by atoms with Gasteiger partial charge >= 0.3 is 0 Å². The third-order valence-electron chi connectivity index (χ3n) is 5.67. The van der Waals surface area contributed by atoms with E-state index in [4.69, 9.17) is 14.0 Å². The highest BCUT2D eigenvalue weighted by atomic mass is 16.5. The minimum atomic E-state index is -0.194. The molecule has 6 heteroatoms. The highest BCUT2D eigenvalue weighted by Crippen LogP contribution is 2.28. The Kier molecular flexibility index (Phi) is 7.05. The van der Waals surface area contributed by atoms with Crippen LogP contribution in [0.3, 0.4) is 0 Å². The maximum atomic E-state index is 13.2. The van der Waals surface area contributed by atoms with Crippen molar-refractivity contribution < 1.29 is 18.8 Å². The fourth-order valence-electron chi connectivity index (χ4n) is 3.73. The lowest BCUT2D eigenvalue weighted by Crippen LogP contribution is -2.24. The number of amides is 1. The fourth-order valence-corrected chi connectivity index (χ4v) is 3.73. The molecule has 1 N–H and O–H groups in total. The number of hydrogen-bond donors (Lipinski definition) is 1. The Morgan fingerprint density at radius 3 is 2.36 bits per heavy atom. The molecule has 4 aromatic rings. The predicted molar refractivity (Wildman–Crippen MR) is 127 cm³/mol. The van der Waals surface area contributed by atoms with E-state index in [1.54, 1.807) is 0 Å². The quantitative estimate of drug-likeness (QED) is 0.370. The molecular formula is C27H28N2O4. The van der Waals surface area contributed by atoms with Crippen LogP contribution in [0.5, 0.6) is 5.75 Å². The zero-order valence-electron chi connectivity index (χ0n) is 19.2. The van der Waals surface area contributed by atoms with E-state index >= 15 is 0 Å². The fraction of sp³-hybridized carbons (Fsp3) is 0.259. The number of nitrogens with one attached hydrogen (secondary N) is 1. The largest absolute Gasteiger partial charge is 0.488 e. The smallest absolute Gasteiger partial charge is 0.255 e. The minimum Gasteiger partial charge on any atom is -0.488 e. The minimum absolute atomic E-state index is 0.194. The summed E-state index contributed by atoms with van der Waals surface area (Å²) >= 11 is 0. The van der Waals surface area contributed by atoms with Gasteiger partial charge < -0.3 is 19.3 Å². The molecule has 1 heterocycles. The van der Waals surface area contributed by atoms with Crippen LogP contribution in [0.4, 0.5) is 0 Å². The Hall–Kier alpha value is -3.64. The van der Waals surface area contributed by atoms with Crippen molar-refractivity contribution in [3.63, 3.8) is 0 Å². The predicted octanol–water partition coefficient (Wildman–Crippen LogP) is 5.49. The first-order valence-corrected chi connectivity index (χ1v) is 11.1. The molecule has 0 atom stereocenters. The molecule has 0 unspecified atom stereocenters. The van der Waals surface area contributed by atoms with E-state index in [1.165, 1.54) is 0 Å². The van der Waals surface area contributed by atoms with Gasteiger partial charge in [0.1, 0.15) is 18.1 Å². The summed E-state index contributed by atoms with van der Waals surface area (Å²) in [5.41, 5.74) is 4.25. The molecule has 0 spiro atoms. The normalized spacial score (nSPS) is 11.0. The highest BCUT2D eigenvalue weighted by molar-refractivity contribution is 6.01. The molecule has 1 amide bonds. The molecule has 3 aromatic carbocycles. The van der Waals surface area contributed by atoms with Crippen molar-refractivity contribution in [2.75, 3.05) is 6.61 Å². The number of rotatable bonds is 9. The molecule has 0 saturated carbocycles. The second-order valence-electron chi connectivity index (χ2n) is 7.88. The molecule has 6 nitrogen and oxygen atoms in total. The van der Waals surface area contributed by atoms with Gasteiger partial charge in [-0.15, -0.1) is 0 Å². The van der Waals surface area contributed by atoms with Crippen LogP contribution < -0.4 is 10.1 Å². The molecule has 0 aliphatic rings. The number of benzene rings is 3. The van der Waals surface area contributed by atoms with Gasteiger partial charge in [-0.3, -0.25) is 4.79 Å². The molecule has 0 aliphatic heterocycles. The standard InChI is InChI=1S/C27H28N2O4/c1-4-31-16-23-12-8-7-11-22(23)15-28-27(30)24-13-20-9-5-6-10-21(20)14-26(24)32-17-25-18(2)29-33-19(25)3/h5-14H,4,15-17H2,1-3H3,(H,28,30). The van der Waals surface area contributed by atoms with Gasteiger partial charge in [0, 0.05) is 13.2 Å². The number of ether oxygens (including phenoxy) is 2. The van der Waals surface area contributed by atoms with Crippen LogP contribution in [0.15, 0.2) is 65.2 Å². The van der Waals surface area contributed by atoms with Gasteiger partial charge in [0.25, 0.3) is 5.91 Å². The summed E-state index contributed by atoms with van der Waals surface area (Å²) in [7, 11) is 0. The van der Waals surface area contributed by atoms with Gasteiger partial charge in [0.05, 0.1) is 23.4 Å². The van der Waals surface area contributed by atoms with E-state index in [-0.39, 0.29) is 12.5 Å². The Morgan fingerprint density at radius 2 is 1.67 bits per heavy atom. The third kappa shape index (κ3) is 5.23. The molecule has 1 aromatic heterocycles. The number of carbonyl (C=O) groups excluding carboxylic acids is 1. The zero-order chi connectivity index (χ0) is 23.2. The first kappa shape index (κ1) is 22.6. The molecule has 0 fully saturated rings. The highest BCUT2D eigenvalue weighted by Gasteiger charge is 2.17. The van der Waals surface area contributed by atoms with Crippen LogP contribution in [0.2, 0.25) is 0 Å². The van der Waals surface area contributed by atoms with Crippen LogP contribution in [0.1, 0.15) is 45.4 Å². The van der Waals surface area contributed by atoms with Crippen molar-refractivity contribution in [1.82, 2.24) is 10.5 Å². The summed E-state index contributed by atoms with van der Waals surface area (Å²) in [6.07, 6.45) is 0. The maximum absolute atomic E-state index is 13.2. The molecule has 0 aliphatic carbocycles. The van der Waals surface area contributed by atoms with Crippen LogP contribution in [0.25, 0.3) is 10.8 Å². The molecule has 170 valence electrons. The lowest BCUT2D eigenvalue weighted by atomic mass is 10.0. The van der Waals surface area contributed by atoms with Gasteiger partial charge in [0.2, 0.25) is 0 Å². The lowest BCUT2D eigenvalue weighted by molar-refractivity contribution is 0.0945. The SMILES string of the molecule is CCOCc1ccccc1CNC(=O)c1cc2ccccc2cc1OCc1c(C)noc1C. The number of aromatic nitrogens is 1. The summed E-state index contributed by atoms with van der Waals surface area (Å²) < 4.78 is 16.9. The molecule has 0 saturated heterocycles. The van der Waals surface area contributed by atoms with Gasteiger partial charge in [-0.2, -0.15) is 0 Å². The van der Waals surface area contributed by atoms with E-state index in [0.29, 0.717) is 36.8 Å². The van der Waals surface area contributed by atoms with Crippen molar-refractivity contribution in [2.24, 2.45) is 0 Å². The van der Waals surface area contributed by atoms with E-state index in [1.807, 2.05) is 81.4 Å². The number of hydrogen-bond acceptors (Lipinski definition) is 5. The van der Waals surface area contributed by atoms with Crippen molar-refractivity contribution in [3.05, 3.63) is 94.4 Å². The van der Waals surface area contributed by atoms with E-state index < -0.39 is 0 Å². The third-order valence-corrected chi connectivity index (χ3v) is 5.67. The van der Waals surface area contributed by atoms with Crippen molar-refractivity contribution >= 4 is 16.7 Å². The molecular weight excluding hydrogens is 416 g/mol. The van der Waals surface area contributed by atoms with Gasteiger partial charge in [-0.25, -0.2) is 0 Å². The lowest BCUT2D eigenvalue weighted by Gasteiger charge is -2.15. The van der Waals surface area contributed by atoms with E-state index in [9.17, 15) is 4.79 Å². The van der Waals surface area contributed by atoms with Gasteiger partial charge in [0.15, 0.2) is 0 Å². The Morgan fingerprint density at radius 1 is 0.970 bits per heavy atom. The number of aryl methyl sites for hydroxylation is 2. The first-order valence-electron chi connectivity index (χ1n) is 11.1. The van der Waals surface area contributed by atoms with Crippen LogP contribution in [0, 0.1) is 13.8 Å². The number of carbonyl (C=O) groups is 1. The van der Waals surface area contributed by atoms with Crippen molar-refractivity contribution in [3.8, 4) is 5.75 Å². The van der Waals surface area contributed by atoms with Crippen LogP contribution >= 0.6 is 0 Å². The zero-order valence-corrected chi connectivity index (χ0v) is 19.2. The van der Waals surface area contributed by atoms with E-state index in [2.05, 4.69) is 10.5 Å². The second-order valence-corrected chi connectivity index (χ2v) is 7.88. The average Bonchev–Trinajstić information content (AvgIpc) is 3.16. The summed E-state index contributed by atoms with van der Waals surface area (Å²) in [5, 5.41) is 9.01. The van der Waals surface area contributed by atoms with Crippen LogP contribution in [-0.4, -0.2) is 17.7 Å². The Bertz CT molecular complexity index is 1240. The van der Waals surface area contributed by atoms with Crippen LogP contribution in [-0.2, 0) is 24.5 Å². The molecule has 33 heavy (non-hydrogen) atoms. The van der Waals surface area contributed by atoms with Gasteiger partial charge in [-0.05, 0) is 54.8 Å². The number of nitrogens with zero attached hydrogens (tertiary/aromatic N) is 1. The maximum Gasteiger partial charge on any atom is 0.255 e. The Balaban J connectivity index is 1.58. The second kappa shape index (κ2) is 10.3. The average molecular weight is 445 g/mol. The number of fused-ring (bicyclic) bond motifs is 1.